The van der Waals surface area contributed by atoms with Crippen LogP contribution >= 0.6 is 0 Å². The first-order chi connectivity index (χ1) is 4.45. The van der Waals surface area contributed by atoms with E-state index in [1.54, 1.807) is 32.1 Å². The zero-order valence-corrected chi connectivity index (χ0v) is 5.84. The highest BCUT2D eigenvalue weighted by atomic mass is 14.6. The lowest BCUT2D eigenvalue weighted by atomic mass is 9.67. The highest BCUT2D eigenvalue weighted by Crippen LogP contribution is 2.60. The first-order valence-electron chi connectivity index (χ1n) is 4.45. The molecule has 3 fully saturated rings. The first kappa shape index (κ1) is 4.76. The van der Waals surface area contributed by atoms with Crippen molar-refractivity contribution >= 4 is 0 Å². The normalized spacial score (nSPS) is 61.3. The molecule has 4 atom stereocenters. The van der Waals surface area contributed by atoms with E-state index in [-0.39, 0.29) is 0 Å². The Kier molecular flexibility index (Phi) is 0.717. The smallest absolute Gasteiger partial charge is 0.0355 e. The van der Waals surface area contributed by atoms with Gasteiger partial charge in [-0.1, -0.05) is 0 Å². The van der Waals surface area contributed by atoms with Crippen molar-refractivity contribution < 1.29 is 0 Å². The minimum atomic E-state index is 1.21. The van der Waals surface area contributed by atoms with Crippen LogP contribution in [-0.2, 0) is 0 Å². The van der Waals surface area contributed by atoms with Crippen LogP contribution in [0.1, 0.15) is 32.1 Å². The Morgan fingerprint density at radius 3 is 1.44 bits per heavy atom. The van der Waals surface area contributed by atoms with E-state index in [0.29, 0.717) is 0 Å². The van der Waals surface area contributed by atoms with Crippen LogP contribution in [0, 0.1) is 23.7 Å². The molecule has 0 nitrogen and oxygen atoms in total. The summed E-state index contributed by atoms with van der Waals surface area (Å²) in [7, 11) is 0. The molecule has 0 N–H and O–H groups in total. The van der Waals surface area contributed by atoms with E-state index in [0.717, 1.165) is 0 Å². The summed E-state index contributed by atoms with van der Waals surface area (Å²) in [5.74, 6) is 4.87. The fraction of sp³-hybridized carbons (Fsp3) is 1.00. The quantitative estimate of drug-likeness (QED) is 0.463. The maximum Gasteiger partial charge on any atom is -0.0355 e. The van der Waals surface area contributed by atoms with E-state index in [9.17, 15) is 0 Å². The standard InChI is InChI=1S/C9H14/c1-3-8-6(1)5-7-2-4-9(7)8/h6-9H,1-5H2/t6?,7?,8-,9?/m1/s1. The predicted octanol–water partition coefficient (Wildman–Crippen LogP) is 2.44. The molecule has 0 heteroatoms. The maximum absolute atomic E-state index is 1.62. The van der Waals surface area contributed by atoms with Crippen molar-refractivity contribution in [3.8, 4) is 0 Å². The summed E-state index contributed by atoms with van der Waals surface area (Å²) in [6.07, 6.45) is 7.96. The van der Waals surface area contributed by atoms with Crippen LogP contribution in [-0.4, -0.2) is 0 Å². The van der Waals surface area contributed by atoms with E-state index in [4.69, 9.17) is 0 Å². The molecule has 3 aliphatic rings. The Hall–Kier alpha value is 0. The Balaban J connectivity index is 1.87. The second kappa shape index (κ2) is 1.36. The largest absolute Gasteiger partial charge is 0.0499 e. The van der Waals surface area contributed by atoms with Crippen molar-refractivity contribution in [1.29, 1.82) is 0 Å². The molecular formula is C9H14. The lowest BCUT2D eigenvalue weighted by Crippen LogP contribution is -2.29. The van der Waals surface area contributed by atoms with Gasteiger partial charge in [0.2, 0.25) is 0 Å². The average Bonchev–Trinajstić information content (AvgIpc) is 1.88. The number of rotatable bonds is 0. The Morgan fingerprint density at radius 1 is 0.667 bits per heavy atom. The minimum absolute atomic E-state index is 1.21. The van der Waals surface area contributed by atoms with E-state index in [1.807, 2.05) is 0 Å². The van der Waals surface area contributed by atoms with Crippen LogP contribution in [0.2, 0.25) is 0 Å². The van der Waals surface area contributed by atoms with Gasteiger partial charge in [0.1, 0.15) is 0 Å². The first-order valence-corrected chi connectivity index (χ1v) is 4.45. The van der Waals surface area contributed by atoms with Crippen molar-refractivity contribution in [2.75, 3.05) is 0 Å². The SMILES string of the molecule is C1CC2C1CC1CC[C@H]12. The Labute approximate surface area is 56.6 Å². The van der Waals surface area contributed by atoms with E-state index < -0.39 is 0 Å². The molecule has 0 aromatic rings. The zero-order valence-electron chi connectivity index (χ0n) is 5.84. The summed E-state index contributed by atoms with van der Waals surface area (Å²) >= 11 is 0. The third-order valence-electron chi connectivity index (χ3n) is 4.11. The molecule has 0 aliphatic heterocycles. The number of hydrogen-bond donors (Lipinski definition) is 0. The molecular weight excluding hydrogens is 108 g/mol. The molecule has 50 valence electrons. The second-order valence-corrected chi connectivity index (χ2v) is 4.24. The summed E-state index contributed by atoms with van der Waals surface area (Å²) in [6.45, 7) is 0. The van der Waals surface area contributed by atoms with Crippen LogP contribution in [0.3, 0.4) is 0 Å². The minimum Gasteiger partial charge on any atom is -0.0499 e. The molecule has 0 heterocycles. The molecule has 3 aliphatic carbocycles. The third-order valence-corrected chi connectivity index (χ3v) is 4.11. The van der Waals surface area contributed by atoms with Gasteiger partial charge >= 0.3 is 0 Å². The highest BCUT2D eigenvalue weighted by Gasteiger charge is 2.51. The fourth-order valence-corrected chi connectivity index (χ4v) is 3.29. The Morgan fingerprint density at radius 2 is 1.22 bits per heavy atom. The molecule has 0 spiro atoms. The van der Waals surface area contributed by atoms with Crippen molar-refractivity contribution in [3.05, 3.63) is 0 Å². The molecule has 0 radical (unpaired) electrons. The van der Waals surface area contributed by atoms with E-state index >= 15 is 0 Å². The zero-order chi connectivity index (χ0) is 5.84. The average molecular weight is 122 g/mol. The van der Waals surface area contributed by atoms with Crippen LogP contribution in [0.15, 0.2) is 0 Å². The van der Waals surface area contributed by atoms with Crippen molar-refractivity contribution in [2.24, 2.45) is 23.7 Å². The van der Waals surface area contributed by atoms with Crippen LogP contribution in [0.25, 0.3) is 0 Å². The molecule has 0 bridgehead atoms. The predicted molar refractivity (Wildman–Crippen MR) is 37.0 cm³/mol. The van der Waals surface area contributed by atoms with Gasteiger partial charge in [-0.2, -0.15) is 0 Å². The molecule has 0 saturated heterocycles. The van der Waals surface area contributed by atoms with Crippen LogP contribution < -0.4 is 0 Å². The summed E-state index contributed by atoms with van der Waals surface area (Å²) in [5.41, 5.74) is 0. The highest BCUT2D eigenvalue weighted by molar-refractivity contribution is 5.01. The maximum atomic E-state index is 1.62. The molecule has 9 heavy (non-hydrogen) atoms. The van der Waals surface area contributed by atoms with Gasteiger partial charge in [0, 0.05) is 0 Å². The summed E-state index contributed by atoms with van der Waals surface area (Å²) in [4.78, 5) is 0. The Bertz CT molecular complexity index is 123. The van der Waals surface area contributed by atoms with Gasteiger partial charge in [-0.15, -0.1) is 0 Å². The monoisotopic (exact) mass is 122 g/mol. The summed E-state index contributed by atoms with van der Waals surface area (Å²) in [6, 6.07) is 0. The second-order valence-electron chi connectivity index (χ2n) is 4.24. The van der Waals surface area contributed by atoms with Crippen molar-refractivity contribution in [2.45, 2.75) is 32.1 Å². The van der Waals surface area contributed by atoms with Crippen molar-refractivity contribution in [3.63, 3.8) is 0 Å². The van der Waals surface area contributed by atoms with Crippen molar-refractivity contribution in [1.82, 2.24) is 0 Å². The van der Waals surface area contributed by atoms with Gasteiger partial charge in [-0.25, -0.2) is 0 Å². The third kappa shape index (κ3) is 0.426. The van der Waals surface area contributed by atoms with E-state index in [2.05, 4.69) is 0 Å². The van der Waals surface area contributed by atoms with Gasteiger partial charge in [0.05, 0.1) is 0 Å². The lowest BCUT2D eigenvalue weighted by Gasteiger charge is -2.38. The van der Waals surface area contributed by atoms with E-state index in [1.165, 1.54) is 23.7 Å². The van der Waals surface area contributed by atoms with Gasteiger partial charge in [-0.05, 0) is 55.8 Å². The number of fused-ring (bicyclic) bond motifs is 3. The number of hydrogen-bond acceptors (Lipinski definition) is 0. The molecule has 3 unspecified atom stereocenters. The summed E-state index contributed by atoms with van der Waals surface area (Å²) in [5, 5.41) is 0. The topological polar surface area (TPSA) is 0 Å². The van der Waals surface area contributed by atoms with Gasteiger partial charge in [0.15, 0.2) is 0 Å². The molecule has 3 saturated carbocycles. The fourth-order valence-electron chi connectivity index (χ4n) is 3.29. The van der Waals surface area contributed by atoms with Gasteiger partial charge < -0.3 is 0 Å². The molecule has 0 aromatic heterocycles. The molecule has 3 rings (SSSR count). The van der Waals surface area contributed by atoms with Crippen LogP contribution in [0.5, 0.6) is 0 Å². The lowest BCUT2D eigenvalue weighted by molar-refractivity contribution is 0.115. The van der Waals surface area contributed by atoms with Gasteiger partial charge in [0.25, 0.3) is 0 Å². The molecule has 0 amide bonds. The summed E-state index contributed by atoms with van der Waals surface area (Å²) < 4.78 is 0. The van der Waals surface area contributed by atoms with Crippen LogP contribution in [0.4, 0.5) is 0 Å². The van der Waals surface area contributed by atoms with Gasteiger partial charge in [-0.3, -0.25) is 0 Å². The molecule has 0 aromatic carbocycles.